The number of carbonyl (C=O) groups is 3. The Labute approximate surface area is 142 Å². The highest BCUT2D eigenvalue weighted by Gasteiger charge is 2.38. The van der Waals surface area contributed by atoms with Crippen molar-refractivity contribution in [1.82, 2.24) is 0 Å². The highest BCUT2D eigenvalue weighted by molar-refractivity contribution is 7.23. The van der Waals surface area contributed by atoms with Crippen molar-refractivity contribution in [3.05, 3.63) is 33.0 Å². The number of esters is 1. The van der Waals surface area contributed by atoms with Crippen LogP contribution in [0.1, 0.15) is 56.7 Å². The van der Waals surface area contributed by atoms with Crippen LogP contribution in [-0.2, 0) is 11.2 Å². The molecule has 1 aliphatic rings. The fourth-order valence-electron chi connectivity index (χ4n) is 2.73. The van der Waals surface area contributed by atoms with Crippen LogP contribution in [0.15, 0.2) is 11.4 Å². The molecule has 0 N–H and O–H groups in total. The summed E-state index contributed by atoms with van der Waals surface area (Å²) in [6.07, 6.45) is 0.569. The van der Waals surface area contributed by atoms with Crippen molar-refractivity contribution in [3.63, 3.8) is 0 Å². The van der Waals surface area contributed by atoms with Crippen molar-refractivity contribution >= 4 is 40.2 Å². The van der Waals surface area contributed by atoms with E-state index in [9.17, 15) is 14.4 Å². The van der Waals surface area contributed by atoms with Gasteiger partial charge in [-0.2, -0.15) is 0 Å². The van der Waals surface area contributed by atoms with E-state index in [0.29, 0.717) is 28.0 Å². The van der Waals surface area contributed by atoms with Gasteiger partial charge in [0.2, 0.25) is 11.6 Å². The van der Waals surface area contributed by atoms with Gasteiger partial charge in [0, 0.05) is 11.1 Å². The first-order valence-electron chi connectivity index (χ1n) is 7.45. The molecule has 0 saturated carbocycles. The summed E-state index contributed by atoms with van der Waals surface area (Å²) in [6.45, 7) is 6.06. The number of fused-ring (bicyclic) bond motifs is 3. The maximum absolute atomic E-state index is 12.6. The van der Waals surface area contributed by atoms with Gasteiger partial charge in [-0.25, -0.2) is 4.79 Å². The zero-order chi connectivity index (χ0) is 16.7. The Kier molecular flexibility index (Phi) is 4.21. The highest BCUT2D eigenvalue weighted by Crippen LogP contribution is 2.45. The first-order valence-corrected chi connectivity index (χ1v) is 9.15. The zero-order valence-corrected chi connectivity index (χ0v) is 14.7. The molecule has 0 aromatic carbocycles. The molecule has 0 atom stereocenters. The summed E-state index contributed by atoms with van der Waals surface area (Å²) in [5.41, 5.74) is 1.52. The van der Waals surface area contributed by atoms with Crippen LogP contribution in [0.4, 0.5) is 0 Å². The van der Waals surface area contributed by atoms with Gasteiger partial charge in [-0.05, 0) is 36.3 Å². The number of carbonyl (C=O) groups excluding carboxylic acids is 3. The molecule has 0 spiro atoms. The van der Waals surface area contributed by atoms with Crippen LogP contribution in [-0.4, -0.2) is 24.1 Å². The van der Waals surface area contributed by atoms with Crippen molar-refractivity contribution < 1.29 is 19.1 Å². The van der Waals surface area contributed by atoms with Crippen molar-refractivity contribution in [2.24, 2.45) is 5.92 Å². The molecule has 3 rings (SSSR count). The lowest BCUT2D eigenvalue weighted by atomic mass is 9.89. The minimum atomic E-state index is -0.506. The van der Waals surface area contributed by atoms with Gasteiger partial charge < -0.3 is 4.74 Å². The molecule has 1 aliphatic carbocycles. The zero-order valence-electron chi connectivity index (χ0n) is 13.1. The van der Waals surface area contributed by atoms with E-state index in [1.165, 1.54) is 22.7 Å². The normalized spacial score (nSPS) is 13.2. The first kappa shape index (κ1) is 16.1. The van der Waals surface area contributed by atoms with Gasteiger partial charge in [-0.15, -0.1) is 22.7 Å². The molecule has 0 radical (unpaired) electrons. The van der Waals surface area contributed by atoms with Crippen LogP contribution in [0.3, 0.4) is 0 Å². The molecule has 0 amide bonds. The van der Waals surface area contributed by atoms with Gasteiger partial charge in [0.25, 0.3) is 0 Å². The molecule has 6 heteroatoms. The molecule has 0 saturated heterocycles. The Bertz CT molecular complexity index is 811. The molecule has 120 valence electrons. The standard InChI is InChI=1S/C17H16O4S2/c1-4-21-17(20)15-10(7-8(2)3)11-13(19)12(18)9-5-6-22-14(9)16(11)23-15/h5-6,8H,4,7H2,1-3H3. The second kappa shape index (κ2) is 6.02. The molecule has 0 unspecified atom stereocenters. The van der Waals surface area contributed by atoms with Gasteiger partial charge in [0.1, 0.15) is 4.88 Å². The lowest BCUT2D eigenvalue weighted by Gasteiger charge is -2.13. The van der Waals surface area contributed by atoms with Crippen LogP contribution in [0.2, 0.25) is 0 Å². The van der Waals surface area contributed by atoms with E-state index < -0.39 is 17.5 Å². The van der Waals surface area contributed by atoms with Crippen LogP contribution in [0.5, 0.6) is 0 Å². The molecule has 23 heavy (non-hydrogen) atoms. The van der Waals surface area contributed by atoms with E-state index in [1.807, 2.05) is 13.8 Å². The Morgan fingerprint density at radius 1 is 1.22 bits per heavy atom. The van der Waals surface area contributed by atoms with Crippen molar-refractivity contribution in [3.8, 4) is 9.75 Å². The van der Waals surface area contributed by atoms with E-state index in [4.69, 9.17) is 4.74 Å². The number of hydrogen-bond acceptors (Lipinski definition) is 6. The minimum absolute atomic E-state index is 0.259. The second-order valence-electron chi connectivity index (χ2n) is 5.75. The Hall–Kier alpha value is -1.79. The molecule has 4 nitrogen and oxygen atoms in total. The van der Waals surface area contributed by atoms with Crippen molar-refractivity contribution in [2.45, 2.75) is 27.2 Å². The summed E-state index contributed by atoms with van der Waals surface area (Å²) in [5.74, 6) is -1.14. The number of rotatable bonds is 4. The maximum Gasteiger partial charge on any atom is 0.348 e. The number of thiophene rings is 2. The molecule has 0 bridgehead atoms. The Balaban J connectivity index is 2.25. The first-order chi connectivity index (χ1) is 11.0. The van der Waals surface area contributed by atoms with Gasteiger partial charge in [-0.3, -0.25) is 9.59 Å². The average Bonchev–Trinajstić information content (AvgIpc) is 3.09. The van der Waals surface area contributed by atoms with Crippen LogP contribution in [0.25, 0.3) is 9.75 Å². The minimum Gasteiger partial charge on any atom is -0.462 e. The third-order valence-corrected chi connectivity index (χ3v) is 5.92. The largest absolute Gasteiger partial charge is 0.462 e. The average molecular weight is 348 g/mol. The Morgan fingerprint density at radius 2 is 1.96 bits per heavy atom. The van der Waals surface area contributed by atoms with Crippen molar-refractivity contribution in [1.29, 1.82) is 0 Å². The third-order valence-electron chi connectivity index (χ3n) is 3.63. The van der Waals surface area contributed by atoms with E-state index in [2.05, 4.69) is 0 Å². The quantitative estimate of drug-likeness (QED) is 0.613. The van der Waals surface area contributed by atoms with E-state index in [-0.39, 0.29) is 12.5 Å². The van der Waals surface area contributed by atoms with Gasteiger partial charge in [0.15, 0.2) is 0 Å². The Morgan fingerprint density at radius 3 is 2.61 bits per heavy atom. The van der Waals surface area contributed by atoms with Crippen LogP contribution >= 0.6 is 22.7 Å². The van der Waals surface area contributed by atoms with Gasteiger partial charge in [-0.1, -0.05) is 13.8 Å². The number of ether oxygens (including phenoxy) is 1. The summed E-state index contributed by atoms with van der Waals surface area (Å²) < 4.78 is 5.14. The summed E-state index contributed by atoms with van der Waals surface area (Å²) in [7, 11) is 0. The second-order valence-corrected chi connectivity index (χ2v) is 7.69. The molecule has 2 aromatic rings. The maximum atomic E-state index is 12.6. The van der Waals surface area contributed by atoms with Gasteiger partial charge in [0.05, 0.1) is 16.4 Å². The summed E-state index contributed by atoms with van der Waals surface area (Å²) in [4.78, 5) is 39.2. The van der Waals surface area contributed by atoms with E-state index in [1.54, 1.807) is 18.4 Å². The molecular weight excluding hydrogens is 332 g/mol. The predicted molar refractivity (Wildman–Crippen MR) is 90.8 cm³/mol. The van der Waals surface area contributed by atoms with Crippen LogP contribution < -0.4 is 0 Å². The summed E-state index contributed by atoms with van der Waals surface area (Å²) in [5, 5.41) is 1.80. The number of hydrogen-bond donors (Lipinski definition) is 0. The van der Waals surface area contributed by atoms with Crippen LogP contribution in [0, 0.1) is 5.92 Å². The van der Waals surface area contributed by atoms with Crippen molar-refractivity contribution in [2.75, 3.05) is 6.61 Å². The lowest BCUT2D eigenvalue weighted by Crippen LogP contribution is -2.21. The SMILES string of the molecule is CCOC(=O)c1sc2c(c1CC(C)C)C(=O)C(=O)c1ccsc1-2. The van der Waals surface area contributed by atoms with Gasteiger partial charge >= 0.3 is 5.97 Å². The smallest absolute Gasteiger partial charge is 0.348 e. The molecular formula is C17H16O4S2. The molecule has 2 aromatic heterocycles. The van der Waals surface area contributed by atoms with E-state index >= 15 is 0 Å². The fraction of sp³-hybridized carbons (Fsp3) is 0.353. The molecule has 0 aliphatic heterocycles. The molecule has 2 heterocycles. The summed E-state index contributed by atoms with van der Waals surface area (Å²) in [6, 6.07) is 1.68. The fourth-order valence-corrected chi connectivity index (χ4v) is 5.01. The third kappa shape index (κ3) is 2.56. The lowest BCUT2D eigenvalue weighted by molar-refractivity contribution is 0.0530. The topological polar surface area (TPSA) is 60.4 Å². The highest BCUT2D eigenvalue weighted by atomic mass is 32.1. The number of Topliss-reactive ketones (excluding diaryl/α,β-unsaturated/α-hetero) is 2. The monoisotopic (exact) mass is 348 g/mol. The van der Waals surface area contributed by atoms with E-state index in [0.717, 1.165) is 9.75 Å². The predicted octanol–water partition coefficient (Wildman–Crippen LogP) is 4.23. The molecule has 0 fully saturated rings. The summed E-state index contributed by atoms with van der Waals surface area (Å²) >= 11 is 2.69. The number of ketones is 2.